The van der Waals surface area contributed by atoms with Crippen LogP contribution in [0, 0.1) is 0 Å². The number of hydrogen-bond acceptors (Lipinski definition) is 3. The molecule has 23 heavy (non-hydrogen) atoms. The summed E-state index contributed by atoms with van der Waals surface area (Å²) in [5.41, 5.74) is 1.28. The fourth-order valence-corrected chi connectivity index (χ4v) is 2.86. The van der Waals surface area contributed by atoms with E-state index in [2.05, 4.69) is 12.2 Å². The summed E-state index contributed by atoms with van der Waals surface area (Å²) in [6.45, 7) is 2.91. The Labute approximate surface area is 135 Å². The topological polar surface area (TPSA) is 62.6 Å². The number of carbonyl (C=O) groups excluding carboxylic acids is 2. The van der Waals surface area contributed by atoms with Crippen LogP contribution in [0.3, 0.4) is 0 Å². The van der Waals surface area contributed by atoms with Gasteiger partial charge in [-0.05, 0) is 62.6 Å². The highest BCUT2D eigenvalue weighted by Gasteiger charge is 2.24. The van der Waals surface area contributed by atoms with Crippen LogP contribution in [0.15, 0.2) is 47.1 Å². The van der Waals surface area contributed by atoms with E-state index in [4.69, 9.17) is 4.42 Å². The number of carbonyl (C=O) groups is 2. The van der Waals surface area contributed by atoms with Gasteiger partial charge in [0.15, 0.2) is 5.76 Å². The van der Waals surface area contributed by atoms with Crippen molar-refractivity contribution >= 4 is 17.5 Å². The molecule has 3 rings (SSSR count). The average molecular weight is 312 g/mol. The van der Waals surface area contributed by atoms with Gasteiger partial charge in [-0.15, -0.1) is 0 Å². The molecule has 1 aromatic carbocycles. The summed E-state index contributed by atoms with van der Waals surface area (Å²) in [5.74, 6) is 0.00661. The van der Waals surface area contributed by atoms with Gasteiger partial charge in [0.25, 0.3) is 11.8 Å². The molecule has 1 N–H and O–H groups in total. The standard InChI is InChI=1S/C18H20N2O3/c1-13-5-2-3-11-20(13)18(22)14-7-9-15(10-8-14)19-17(21)16-6-4-12-23-16/h4,6-10,12-13H,2-3,5,11H2,1H3,(H,19,21)/t13-/m0/s1. The molecule has 1 aliphatic rings. The van der Waals surface area contributed by atoms with Crippen molar-refractivity contribution < 1.29 is 14.0 Å². The summed E-state index contributed by atoms with van der Waals surface area (Å²) in [6.07, 6.45) is 4.76. The molecule has 1 aromatic heterocycles. The van der Waals surface area contributed by atoms with Crippen molar-refractivity contribution in [1.82, 2.24) is 4.90 Å². The van der Waals surface area contributed by atoms with Crippen LogP contribution in [0.4, 0.5) is 5.69 Å². The Kier molecular flexibility index (Phi) is 4.46. The fourth-order valence-electron chi connectivity index (χ4n) is 2.86. The van der Waals surface area contributed by atoms with Crippen LogP contribution >= 0.6 is 0 Å². The first-order chi connectivity index (χ1) is 11.1. The van der Waals surface area contributed by atoms with Gasteiger partial charge in [-0.2, -0.15) is 0 Å². The van der Waals surface area contributed by atoms with Gasteiger partial charge < -0.3 is 14.6 Å². The Balaban J connectivity index is 1.67. The van der Waals surface area contributed by atoms with E-state index < -0.39 is 0 Å². The summed E-state index contributed by atoms with van der Waals surface area (Å²) in [4.78, 5) is 26.4. The van der Waals surface area contributed by atoms with Gasteiger partial charge in [-0.3, -0.25) is 9.59 Å². The van der Waals surface area contributed by atoms with E-state index in [0.717, 1.165) is 19.4 Å². The summed E-state index contributed by atoms with van der Waals surface area (Å²) in [5, 5.41) is 2.74. The Morgan fingerprint density at radius 3 is 2.61 bits per heavy atom. The third-order valence-corrected chi connectivity index (χ3v) is 4.20. The van der Waals surface area contributed by atoms with E-state index in [1.807, 2.05) is 4.90 Å². The van der Waals surface area contributed by atoms with Crippen LogP contribution in [0.25, 0.3) is 0 Å². The highest BCUT2D eigenvalue weighted by Crippen LogP contribution is 2.20. The summed E-state index contributed by atoms with van der Waals surface area (Å²) in [6, 6.07) is 10.5. The molecule has 1 atom stereocenters. The summed E-state index contributed by atoms with van der Waals surface area (Å²) < 4.78 is 5.05. The minimum atomic E-state index is -0.307. The first-order valence-electron chi connectivity index (χ1n) is 7.91. The number of nitrogens with zero attached hydrogens (tertiary/aromatic N) is 1. The molecule has 1 aliphatic heterocycles. The monoisotopic (exact) mass is 312 g/mol. The Morgan fingerprint density at radius 1 is 1.17 bits per heavy atom. The quantitative estimate of drug-likeness (QED) is 0.942. The SMILES string of the molecule is C[C@H]1CCCCN1C(=O)c1ccc(NC(=O)c2ccco2)cc1. The minimum absolute atomic E-state index is 0.0566. The predicted molar refractivity (Wildman–Crippen MR) is 87.5 cm³/mol. The molecule has 0 saturated carbocycles. The van der Waals surface area contributed by atoms with Gasteiger partial charge in [0, 0.05) is 23.8 Å². The van der Waals surface area contributed by atoms with E-state index in [-0.39, 0.29) is 23.6 Å². The number of nitrogens with one attached hydrogen (secondary N) is 1. The lowest BCUT2D eigenvalue weighted by Gasteiger charge is -2.33. The van der Waals surface area contributed by atoms with Crippen LogP contribution in [0.2, 0.25) is 0 Å². The number of likely N-dealkylation sites (tertiary alicyclic amines) is 1. The number of rotatable bonds is 3. The molecular weight excluding hydrogens is 292 g/mol. The Morgan fingerprint density at radius 2 is 1.96 bits per heavy atom. The lowest BCUT2D eigenvalue weighted by molar-refractivity contribution is 0.0635. The van der Waals surface area contributed by atoms with Crippen molar-refractivity contribution in [1.29, 1.82) is 0 Å². The summed E-state index contributed by atoms with van der Waals surface area (Å²) in [7, 11) is 0. The van der Waals surface area contributed by atoms with E-state index in [9.17, 15) is 9.59 Å². The molecule has 1 saturated heterocycles. The van der Waals surface area contributed by atoms with Crippen molar-refractivity contribution in [3.05, 3.63) is 54.0 Å². The van der Waals surface area contributed by atoms with Crippen molar-refractivity contribution in [3.63, 3.8) is 0 Å². The van der Waals surface area contributed by atoms with E-state index >= 15 is 0 Å². The van der Waals surface area contributed by atoms with Crippen LogP contribution < -0.4 is 5.32 Å². The van der Waals surface area contributed by atoms with Gasteiger partial charge in [-0.25, -0.2) is 0 Å². The molecule has 2 aromatic rings. The zero-order valence-electron chi connectivity index (χ0n) is 13.1. The zero-order valence-corrected chi connectivity index (χ0v) is 13.1. The lowest BCUT2D eigenvalue weighted by Crippen LogP contribution is -2.42. The third kappa shape index (κ3) is 3.44. The molecule has 5 heteroatoms. The van der Waals surface area contributed by atoms with Crippen LogP contribution in [-0.4, -0.2) is 29.3 Å². The molecule has 2 heterocycles. The number of furan rings is 1. The van der Waals surface area contributed by atoms with Gasteiger partial charge in [0.1, 0.15) is 0 Å². The maximum Gasteiger partial charge on any atom is 0.291 e. The lowest BCUT2D eigenvalue weighted by atomic mass is 10.0. The van der Waals surface area contributed by atoms with Gasteiger partial charge in [0.05, 0.1) is 6.26 Å². The molecule has 120 valence electrons. The van der Waals surface area contributed by atoms with E-state index in [0.29, 0.717) is 11.3 Å². The number of hydrogen-bond donors (Lipinski definition) is 1. The zero-order chi connectivity index (χ0) is 16.2. The molecule has 0 radical (unpaired) electrons. The number of anilines is 1. The third-order valence-electron chi connectivity index (χ3n) is 4.20. The second-order valence-corrected chi connectivity index (χ2v) is 5.85. The molecule has 2 amide bonds. The smallest absolute Gasteiger partial charge is 0.291 e. The molecule has 5 nitrogen and oxygen atoms in total. The molecule has 1 fully saturated rings. The second-order valence-electron chi connectivity index (χ2n) is 5.85. The fraction of sp³-hybridized carbons (Fsp3) is 0.333. The molecule has 0 unspecified atom stereocenters. The van der Waals surface area contributed by atoms with Crippen molar-refractivity contribution in [2.45, 2.75) is 32.2 Å². The Hall–Kier alpha value is -2.56. The average Bonchev–Trinajstić information content (AvgIpc) is 3.10. The largest absolute Gasteiger partial charge is 0.459 e. The first-order valence-corrected chi connectivity index (χ1v) is 7.91. The first kappa shape index (κ1) is 15.3. The van der Waals surface area contributed by atoms with Crippen molar-refractivity contribution in [3.8, 4) is 0 Å². The molecular formula is C18H20N2O3. The van der Waals surface area contributed by atoms with Gasteiger partial charge in [-0.1, -0.05) is 0 Å². The van der Waals surface area contributed by atoms with Crippen molar-refractivity contribution in [2.75, 3.05) is 11.9 Å². The van der Waals surface area contributed by atoms with E-state index in [1.165, 1.54) is 12.7 Å². The highest BCUT2D eigenvalue weighted by molar-refractivity contribution is 6.02. The Bertz CT molecular complexity index is 677. The van der Waals surface area contributed by atoms with E-state index in [1.54, 1.807) is 36.4 Å². The number of benzene rings is 1. The number of piperidine rings is 1. The molecule has 0 spiro atoms. The number of amides is 2. The van der Waals surface area contributed by atoms with Crippen LogP contribution in [0.5, 0.6) is 0 Å². The minimum Gasteiger partial charge on any atom is -0.459 e. The predicted octanol–water partition coefficient (Wildman–Crippen LogP) is 3.55. The molecule has 0 bridgehead atoms. The summed E-state index contributed by atoms with van der Waals surface area (Å²) >= 11 is 0. The van der Waals surface area contributed by atoms with Crippen LogP contribution in [-0.2, 0) is 0 Å². The highest BCUT2D eigenvalue weighted by atomic mass is 16.3. The van der Waals surface area contributed by atoms with Gasteiger partial charge >= 0.3 is 0 Å². The second kappa shape index (κ2) is 6.69. The normalized spacial score (nSPS) is 17.8. The maximum absolute atomic E-state index is 12.6. The maximum atomic E-state index is 12.6. The van der Waals surface area contributed by atoms with Gasteiger partial charge in [0.2, 0.25) is 0 Å². The molecule has 0 aliphatic carbocycles. The van der Waals surface area contributed by atoms with Crippen molar-refractivity contribution in [2.24, 2.45) is 0 Å². The van der Waals surface area contributed by atoms with Crippen LogP contribution in [0.1, 0.15) is 47.1 Å².